The number of benzene rings is 1. The number of para-hydroxylation sites is 1. The van der Waals surface area contributed by atoms with Crippen molar-refractivity contribution in [3.8, 4) is 6.07 Å². The zero-order chi connectivity index (χ0) is 15.4. The second kappa shape index (κ2) is 6.14. The molecule has 0 saturated carbocycles. The molecule has 108 valence electrons. The van der Waals surface area contributed by atoms with Crippen molar-refractivity contribution >= 4 is 17.3 Å². The smallest absolute Gasteiger partial charge is 0.274 e. The van der Waals surface area contributed by atoms with Gasteiger partial charge in [0.05, 0.1) is 16.9 Å². The second-order valence-electron chi connectivity index (χ2n) is 4.85. The van der Waals surface area contributed by atoms with Gasteiger partial charge in [-0.25, -0.2) is 0 Å². The van der Waals surface area contributed by atoms with Crippen LogP contribution in [0.4, 0.5) is 11.4 Å². The highest BCUT2D eigenvalue weighted by Gasteiger charge is 2.19. The zero-order valence-corrected chi connectivity index (χ0v) is 12.2. The van der Waals surface area contributed by atoms with Gasteiger partial charge in [0, 0.05) is 19.8 Å². The monoisotopic (exact) mass is 282 g/mol. The molecule has 0 aliphatic rings. The summed E-state index contributed by atoms with van der Waals surface area (Å²) in [5, 5.41) is 9.15. The van der Waals surface area contributed by atoms with E-state index in [2.05, 4.69) is 6.07 Å². The van der Waals surface area contributed by atoms with Gasteiger partial charge in [-0.2, -0.15) is 5.26 Å². The molecule has 2 rings (SSSR count). The molecule has 1 amide bonds. The van der Waals surface area contributed by atoms with Crippen LogP contribution in [-0.2, 0) is 6.54 Å². The predicted octanol–water partition coefficient (Wildman–Crippen LogP) is 2.63. The van der Waals surface area contributed by atoms with Crippen LogP contribution in [-0.4, -0.2) is 17.5 Å². The average Bonchev–Trinajstić information content (AvgIpc) is 2.86. The highest BCUT2D eigenvalue weighted by molar-refractivity contribution is 6.06. The topological polar surface area (TPSA) is 75.0 Å². The van der Waals surface area contributed by atoms with Gasteiger partial charge in [0.25, 0.3) is 5.91 Å². The number of hydrogen-bond donors (Lipinski definition) is 1. The Hall–Kier alpha value is -2.74. The molecule has 21 heavy (non-hydrogen) atoms. The maximum absolute atomic E-state index is 12.7. The predicted molar refractivity (Wildman–Crippen MR) is 83.0 cm³/mol. The van der Waals surface area contributed by atoms with Crippen molar-refractivity contribution in [1.29, 1.82) is 5.26 Å². The van der Waals surface area contributed by atoms with Crippen molar-refractivity contribution in [3.63, 3.8) is 0 Å². The summed E-state index contributed by atoms with van der Waals surface area (Å²) < 4.78 is 1.85. The number of nitriles is 1. The lowest BCUT2D eigenvalue weighted by molar-refractivity contribution is 0.0984. The second-order valence-corrected chi connectivity index (χ2v) is 4.85. The van der Waals surface area contributed by atoms with Crippen LogP contribution in [0.5, 0.6) is 0 Å². The number of carbonyl (C=O) groups is 1. The fourth-order valence-corrected chi connectivity index (χ4v) is 2.28. The summed E-state index contributed by atoms with van der Waals surface area (Å²) in [7, 11) is 1.66. The third-order valence-electron chi connectivity index (χ3n) is 3.29. The summed E-state index contributed by atoms with van der Waals surface area (Å²) in [4.78, 5) is 14.1. The molecule has 0 radical (unpaired) electrons. The van der Waals surface area contributed by atoms with Crippen LogP contribution < -0.4 is 10.6 Å². The molecule has 0 aliphatic carbocycles. The summed E-state index contributed by atoms with van der Waals surface area (Å²) in [5.41, 5.74) is 7.95. The van der Waals surface area contributed by atoms with E-state index in [4.69, 9.17) is 11.0 Å². The lowest BCUT2D eigenvalue weighted by Gasteiger charge is -2.19. The molecule has 2 N–H and O–H groups in total. The summed E-state index contributed by atoms with van der Waals surface area (Å²) >= 11 is 0. The Bertz CT molecular complexity index is 697. The summed E-state index contributed by atoms with van der Waals surface area (Å²) in [5.74, 6) is -0.178. The molecule has 0 spiro atoms. The van der Waals surface area contributed by atoms with Crippen molar-refractivity contribution in [2.24, 2.45) is 0 Å². The fraction of sp³-hybridized carbons (Fsp3) is 0.250. The van der Waals surface area contributed by atoms with Crippen molar-refractivity contribution < 1.29 is 4.79 Å². The van der Waals surface area contributed by atoms with Crippen LogP contribution in [0.3, 0.4) is 0 Å². The highest BCUT2D eigenvalue weighted by atomic mass is 16.2. The molecule has 5 heteroatoms. The Labute approximate surface area is 124 Å². The minimum atomic E-state index is -0.178. The number of nitrogens with zero attached hydrogens (tertiary/aromatic N) is 3. The first-order valence-electron chi connectivity index (χ1n) is 6.81. The van der Waals surface area contributed by atoms with E-state index < -0.39 is 0 Å². The molecule has 0 bridgehead atoms. The normalized spacial score (nSPS) is 10.1. The number of nitrogens with two attached hydrogens (primary N) is 1. The minimum Gasteiger partial charge on any atom is -0.397 e. The van der Waals surface area contributed by atoms with Gasteiger partial charge < -0.3 is 15.2 Å². The van der Waals surface area contributed by atoms with Crippen molar-refractivity contribution in [2.75, 3.05) is 17.7 Å². The molecule has 1 heterocycles. The highest BCUT2D eigenvalue weighted by Crippen LogP contribution is 2.21. The standard InChI is InChI=1S/C16H18N4O/c1-3-8-20-11-13(18)9-15(20)16(21)19(2)14-7-5-4-6-12(14)10-17/h4-7,9,11H,3,8,18H2,1-2H3. The van der Waals surface area contributed by atoms with Gasteiger partial charge in [0.1, 0.15) is 11.8 Å². The molecule has 0 aliphatic heterocycles. The molecular weight excluding hydrogens is 264 g/mol. The first kappa shape index (κ1) is 14.7. The zero-order valence-electron chi connectivity index (χ0n) is 12.2. The maximum atomic E-state index is 12.7. The van der Waals surface area contributed by atoms with Gasteiger partial charge in [-0.15, -0.1) is 0 Å². The first-order chi connectivity index (χ1) is 10.1. The van der Waals surface area contributed by atoms with Crippen LogP contribution in [0.25, 0.3) is 0 Å². The molecule has 1 aromatic heterocycles. The average molecular weight is 282 g/mol. The largest absolute Gasteiger partial charge is 0.397 e. The Morgan fingerprint density at radius 2 is 2.14 bits per heavy atom. The maximum Gasteiger partial charge on any atom is 0.274 e. The molecule has 0 saturated heterocycles. The summed E-state index contributed by atoms with van der Waals surface area (Å²) in [6.07, 6.45) is 2.67. The van der Waals surface area contributed by atoms with E-state index in [0.29, 0.717) is 22.6 Å². The summed E-state index contributed by atoms with van der Waals surface area (Å²) in [6.45, 7) is 2.77. The number of amides is 1. The molecule has 0 atom stereocenters. The molecule has 5 nitrogen and oxygen atoms in total. The number of nitrogen functional groups attached to an aromatic ring is 1. The lowest BCUT2D eigenvalue weighted by atomic mass is 10.1. The number of rotatable bonds is 4. The van der Waals surface area contributed by atoms with E-state index >= 15 is 0 Å². The van der Waals surface area contributed by atoms with Gasteiger partial charge in [-0.05, 0) is 24.6 Å². The SMILES string of the molecule is CCCn1cc(N)cc1C(=O)N(C)c1ccccc1C#N. The Morgan fingerprint density at radius 1 is 1.43 bits per heavy atom. The van der Waals surface area contributed by atoms with Gasteiger partial charge in [-0.3, -0.25) is 4.79 Å². The Balaban J connectivity index is 2.38. The number of aromatic nitrogens is 1. The van der Waals surface area contributed by atoms with Crippen LogP contribution in [0, 0.1) is 11.3 Å². The number of aryl methyl sites for hydroxylation is 1. The van der Waals surface area contributed by atoms with E-state index in [9.17, 15) is 4.79 Å². The van der Waals surface area contributed by atoms with E-state index in [0.717, 1.165) is 13.0 Å². The van der Waals surface area contributed by atoms with Gasteiger partial charge in [0.2, 0.25) is 0 Å². The summed E-state index contributed by atoms with van der Waals surface area (Å²) in [6, 6.07) is 10.8. The molecule has 0 unspecified atom stereocenters. The van der Waals surface area contributed by atoms with Gasteiger partial charge in [-0.1, -0.05) is 19.1 Å². The van der Waals surface area contributed by atoms with Gasteiger partial charge in [0.15, 0.2) is 0 Å². The number of carbonyl (C=O) groups excluding carboxylic acids is 1. The van der Waals surface area contributed by atoms with E-state index in [1.54, 1.807) is 43.6 Å². The van der Waals surface area contributed by atoms with E-state index in [1.165, 1.54) is 4.90 Å². The van der Waals surface area contributed by atoms with Crippen LogP contribution in [0.1, 0.15) is 29.4 Å². The quantitative estimate of drug-likeness (QED) is 0.936. The number of anilines is 2. The third kappa shape index (κ3) is 2.90. The Kier molecular flexibility index (Phi) is 4.29. The molecule has 0 fully saturated rings. The third-order valence-corrected chi connectivity index (χ3v) is 3.29. The fourth-order valence-electron chi connectivity index (χ4n) is 2.28. The van der Waals surface area contributed by atoms with Crippen LogP contribution >= 0.6 is 0 Å². The van der Waals surface area contributed by atoms with E-state index in [-0.39, 0.29) is 5.91 Å². The van der Waals surface area contributed by atoms with Gasteiger partial charge >= 0.3 is 0 Å². The van der Waals surface area contributed by atoms with E-state index in [1.807, 2.05) is 11.5 Å². The van der Waals surface area contributed by atoms with Crippen molar-refractivity contribution in [1.82, 2.24) is 4.57 Å². The lowest BCUT2D eigenvalue weighted by Crippen LogP contribution is -2.29. The van der Waals surface area contributed by atoms with Crippen molar-refractivity contribution in [2.45, 2.75) is 19.9 Å². The molecular formula is C16H18N4O. The minimum absolute atomic E-state index is 0.178. The molecule has 1 aromatic carbocycles. The van der Waals surface area contributed by atoms with Crippen molar-refractivity contribution in [3.05, 3.63) is 47.8 Å². The molecule has 2 aromatic rings. The van der Waals surface area contributed by atoms with Crippen LogP contribution in [0.2, 0.25) is 0 Å². The first-order valence-corrected chi connectivity index (χ1v) is 6.81. The number of hydrogen-bond acceptors (Lipinski definition) is 3. The van der Waals surface area contributed by atoms with Crippen LogP contribution in [0.15, 0.2) is 36.5 Å². The Morgan fingerprint density at radius 3 is 2.81 bits per heavy atom.